The monoisotopic (exact) mass is 1230 g/mol. The summed E-state index contributed by atoms with van der Waals surface area (Å²) in [5.41, 5.74) is 23.6. The Morgan fingerprint density at radius 3 is 1.36 bits per heavy atom. The average molecular weight is 1220 g/mol. The van der Waals surface area contributed by atoms with E-state index in [4.69, 9.17) is 109 Å². The number of carboxylic acids is 1. The van der Waals surface area contributed by atoms with Gasteiger partial charge in [-0.05, 0) is 44.9 Å². The van der Waals surface area contributed by atoms with Gasteiger partial charge in [-0.25, -0.2) is 19.2 Å². The molecule has 5 aliphatic rings. The number of carbonyl (C=O) groups excluding carboxylic acids is 8. The van der Waals surface area contributed by atoms with Gasteiger partial charge in [0.1, 0.15) is 37.8 Å². The second-order valence-electron chi connectivity index (χ2n) is 22.7. The molecule has 11 amide bonds. The number of aliphatic carboxylic acids is 1. The number of rotatable bonds is 37. The zero-order chi connectivity index (χ0) is 67.1. The van der Waals surface area contributed by atoms with Gasteiger partial charge in [0.2, 0.25) is 29.5 Å². The smallest absolute Gasteiger partial charge is 0.326 e. The van der Waals surface area contributed by atoms with Gasteiger partial charge >= 0.3 is 24.1 Å². The number of hydrogen-bond acceptors (Lipinski definition) is 16. The van der Waals surface area contributed by atoms with Gasteiger partial charge in [0.05, 0.1) is 44.9 Å². The second kappa shape index (κ2) is 34.9. The number of nitrogens with one attached hydrogen (secondary N) is 5. The normalized spacial score (nSPS) is 20.0. The zero-order valence-electron chi connectivity index (χ0n) is 50.6. The topological polar surface area (TPSA) is 396 Å². The van der Waals surface area contributed by atoms with Crippen LogP contribution in [0.15, 0.2) is 36.8 Å². The van der Waals surface area contributed by atoms with Crippen molar-refractivity contribution in [2.24, 2.45) is 22.9 Å². The van der Waals surface area contributed by atoms with Crippen molar-refractivity contribution in [1.82, 2.24) is 56.0 Å². The van der Waals surface area contributed by atoms with Gasteiger partial charge in [-0.2, -0.15) is 0 Å². The maximum atomic E-state index is 15.1. The summed E-state index contributed by atoms with van der Waals surface area (Å²) in [5.74, 6) is -5.73. The van der Waals surface area contributed by atoms with E-state index in [1.807, 2.05) is 0 Å². The molecule has 5 heterocycles. The largest absolute Gasteiger partial charge is 0.480 e. The summed E-state index contributed by atoms with van der Waals surface area (Å²) in [5, 5.41) is 23.6. The van der Waals surface area contributed by atoms with Crippen molar-refractivity contribution in [2.45, 2.75) is 87.6 Å². The van der Waals surface area contributed by atoms with Crippen molar-refractivity contribution in [1.29, 1.82) is 0 Å². The Bertz CT molecular complexity index is 2710. The summed E-state index contributed by atoms with van der Waals surface area (Å²) in [6.07, 6.45) is -1.11. The summed E-state index contributed by atoms with van der Waals surface area (Å²) in [6, 6.07) is -7.16. The molecule has 0 aromatic heterocycles. The Kier molecular flexibility index (Phi) is 29.4. The van der Waals surface area contributed by atoms with Crippen LogP contribution in [0.4, 0.5) is 14.4 Å². The van der Waals surface area contributed by atoms with E-state index >= 15 is 4.79 Å². The highest BCUT2D eigenvalue weighted by molar-refractivity contribution is 8.01. The fourth-order valence-corrected chi connectivity index (χ4v) is 13.1. The van der Waals surface area contributed by atoms with Crippen LogP contribution < -0.4 is 49.5 Å². The highest BCUT2D eigenvalue weighted by Crippen LogP contribution is 2.46. The van der Waals surface area contributed by atoms with E-state index in [2.05, 4.69) is 26.6 Å². The predicted octanol–water partition coefficient (Wildman–Crippen LogP) is -11.3. The van der Waals surface area contributed by atoms with Crippen LogP contribution >= 0.6 is 7.57 Å². The highest BCUT2D eigenvalue weighted by atomic mass is 31.2. The van der Waals surface area contributed by atoms with E-state index in [-0.39, 0.29) is 58.2 Å². The lowest BCUT2D eigenvalue weighted by atomic mass is 8.57. The van der Waals surface area contributed by atoms with Gasteiger partial charge in [-0.15, -0.1) is 0 Å². The van der Waals surface area contributed by atoms with Crippen LogP contribution in [-0.4, -0.2) is 349 Å². The molecule has 0 aliphatic carbocycles. The van der Waals surface area contributed by atoms with E-state index in [1.165, 1.54) is 55.6 Å². The van der Waals surface area contributed by atoms with Crippen molar-refractivity contribution in [3.8, 4) is 0 Å². The number of carbonyl (C=O) groups is 9. The Balaban J connectivity index is 1.52. The molecular weight excluding hydrogens is 1160 g/mol. The first kappa shape index (κ1) is 75.9. The first-order chi connectivity index (χ1) is 42.4. The fourth-order valence-electron chi connectivity index (χ4n) is 11.5. The minimum atomic E-state index is -4.25. The molecule has 0 bridgehead atoms. The molecule has 8 unspecified atom stereocenters. The molecule has 0 aromatic carbocycles. The van der Waals surface area contributed by atoms with E-state index in [0.717, 1.165) is 30.3 Å². The lowest BCUT2D eigenvalue weighted by Crippen LogP contribution is -2.63. The molecule has 5 aliphatic heterocycles. The first-order valence-corrected chi connectivity index (χ1v) is 31.2. The van der Waals surface area contributed by atoms with Crippen molar-refractivity contribution in [3.63, 3.8) is 0 Å². The van der Waals surface area contributed by atoms with Crippen LogP contribution in [0.25, 0.3) is 0 Å². The van der Waals surface area contributed by atoms with Gasteiger partial charge in [0, 0.05) is 192 Å². The van der Waals surface area contributed by atoms with E-state index < -0.39 is 200 Å². The summed E-state index contributed by atoms with van der Waals surface area (Å²) in [6.45, 7) is -2.57. The van der Waals surface area contributed by atoms with E-state index in [9.17, 15) is 48.4 Å². The van der Waals surface area contributed by atoms with E-state index in [0.29, 0.717) is 12.6 Å². The molecule has 2 saturated heterocycles. The number of urea groups is 3. The molecule has 0 aromatic rings. The molecule has 5 rings (SSSR count). The van der Waals surface area contributed by atoms with Crippen LogP contribution in [0.5, 0.6) is 0 Å². The van der Waals surface area contributed by atoms with Crippen molar-refractivity contribution >= 4 is 209 Å². The summed E-state index contributed by atoms with van der Waals surface area (Å²) >= 11 is 0. The van der Waals surface area contributed by atoms with Crippen molar-refractivity contribution < 1.29 is 62.2 Å². The minimum absolute atomic E-state index is 0.0375. The van der Waals surface area contributed by atoms with Crippen LogP contribution in [0.2, 0.25) is 24.3 Å². The quantitative estimate of drug-likeness (QED) is 0.0203. The summed E-state index contributed by atoms with van der Waals surface area (Å²) in [7, 11) is 56.8. The molecule has 90 heavy (non-hydrogen) atoms. The third kappa shape index (κ3) is 21.4. The molecule has 20 radical (unpaired) electrons. The summed E-state index contributed by atoms with van der Waals surface area (Å²) < 4.78 is 11.4. The van der Waals surface area contributed by atoms with Crippen LogP contribution in [-0.2, 0) is 37.8 Å². The maximum Gasteiger partial charge on any atom is 0.326 e. The standard InChI is InChI=1S/C41H66B20N15O13P/c1-3-88-90(87,89-4-2)24-29(37(81)67-9-15-75(34(78)22-72-12-6-31(64)69-40(72)85)28(38(82)83)18-26-20-53(26)61(57(48)49)59(51)55(44)45)76(35(79)23-73-13-7-32(65)70-41(73)86)16-10-66-36(80)27(17-25-19-52(25)60(56(46)47)58(50)54(42)43)74(14-8-62)33(77)21-71-11-5-30(63)68-39(71)84/h5-7,11-13,24-32,87H,3-4,8-10,14-23,62-65H2,1-2H3,(H,66,80)(H,67,81)(H,68,84)(H,69,85)(H,70,86)(H,82,83). The predicted molar refractivity (Wildman–Crippen MR) is 366 cm³/mol. The number of nitrogens with zero attached hydrogens (tertiary/aromatic N) is 6. The molecule has 0 spiro atoms. The highest BCUT2D eigenvalue weighted by Gasteiger charge is 2.53. The average Bonchev–Trinajstić information content (AvgIpc) is 1.69. The lowest BCUT2D eigenvalue weighted by Gasteiger charge is -2.35. The number of carboxylic acid groups (broad SMARTS) is 1. The van der Waals surface area contributed by atoms with Crippen molar-refractivity contribution in [2.75, 3.05) is 72.1 Å². The molecule has 8 atom stereocenters. The molecule has 0 saturated carbocycles. The Labute approximate surface area is 543 Å². The third-order valence-corrected chi connectivity index (χ3v) is 18.1. The second-order valence-corrected chi connectivity index (χ2v) is 24.7. The van der Waals surface area contributed by atoms with Gasteiger partial charge in [-0.1, -0.05) is 24.3 Å². The third-order valence-electron chi connectivity index (χ3n) is 16.2. The van der Waals surface area contributed by atoms with Gasteiger partial charge in [0.25, 0.3) is 7.57 Å². The Hall–Kier alpha value is -4.83. The molecule has 49 heteroatoms. The zero-order valence-corrected chi connectivity index (χ0v) is 51.5. The molecule has 2 fully saturated rings. The van der Waals surface area contributed by atoms with Gasteiger partial charge in [-0.3, -0.25) is 38.7 Å². The van der Waals surface area contributed by atoms with E-state index in [1.54, 1.807) is 0 Å². The van der Waals surface area contributed by atoms with Crippen LogP contribution in [0, 0.1) is 0 Å². The lowest BCUT2D eigenvalue weighted by molar-refractivity contribution is -0.150. The first-order valence-electron chi connectivity index (χ1n) is 29.6. The number of amides is 11. The number of hydrogen-bond donors (Lipinski definition) is 11. The molecular formula is C41H66B20N15O13P. The van der Waals surface area contributed by atoms with Crippen LogP contribution in [0.3, 0.4) is 0 Å². The molecule has 15 N–H and O–H groups in total. The molecule has 448 valence electrons. The SMILES string of the molecule is [B]B([B])B([B])B(B([B])[B])B1CC1CC(C(=O)O)N(CCNC(=O)C(C=P(O)(OCC)OCC)N(CCNC(=O)C(CC1CB1B(B([B])[B])B([B])B([B])[B])N(CCN)C(=O)CN1C=CC(N)NC1=O)C(=O)CN1C=CC(N)NC1=O)C(=O)CN1C=CC(N)NC1=O. The van der Waals surface area contributed by atoms with Gasteiger partial charge in [0.15, 0.2) is 0 Å². The fraction of sp³-hybridized carbons (Fsp3) is 0.610. The Morgan fingerprint density at radius 2 is 1.00 bits per heavy atom. The van der Waals surface area contributed by atoms with Crippen LogP contribution in [0.1, 0.15) is 26.7 Å². The minimum Gasteiger partial charge on any atom is -0.480 e. The molecule has 28 nitrogen and oxygen atoms in total. The van der Waals surface area contributed by atoms with Crippen molar-refractivity contribution in [3.05, 3.63) is 36.8 Å². The Morgan fingerprint density at radius 1 is 0.633 bits per heavy atom. The number of nitrogens with two attached hydrogens (primary N) is 4. The van der Waals surface area contributed by atoms with Gasteiger partial charge < -0.3 is 83.3 Å². The maximum absolute atomic E-state index is 15.1. The summed E-state index contributed by atoms with van der Waals surface area (Å²) in [4.78, 5) is 144.